The van der Waals surface area contributed by atoms with Crippen LogP contribution in [-0.2, 0) is 6.54 Å². The molecule has 0 saturated heterocycles. The van der Waals surface area contributed by atoms with Crippen LogP contribution in [0.4, 0.5) is 0 Å². The maximum atomic E-state index is 8.40. The summed E-state index contributed by atoms with van der Waals surface area (Å²) in [4.78, 5) is 0. The average Bonchev–Trinajstić information content (AvgIpc) is 2.41. The Morgan fingerprint density at radius 2 is 2.60 bits per heavy atom. The molecule has 0 amide bonds. The molecule has 0 fully saturated rings. The van der Waals surface area contributed by atoms with E-state index in [0.29, 0.717) is 13.1 Å². The van der Waals surface area contributed by atoms with Crippen LogP contribution in [0.1, 0.15) is 5.69 Å². The van der Waals surface area contributed by atoms with E-state index in [2.05, 4.69) is 14.1 Å². The molecule has 1 aromatic rings. The number of nitrogens with one attached hydrogen (secondary N) is 1. The van der Waals surface area contributed by atoms with Crippen molar-refractivity contribution in [2.24, 2.45) is 0 Å². The zero-order chi connectivity index (χ0) is 7.23. The molecule has 4 nitrogen and oxygen atoms in total. The summed E-state index contributed by atoms with van der Waals surface area (Å²) in [7, 11) is 0. The molecule has 0 aliphatic heterocycles. The lowest BCUT2D eigenvalue weighted by atomic mass is 10.5. The van der Waals surface area contributed by atoms with E-state index in [-0.39, 0.29) is 6.61 Å². The smallest absolute Gasteiger partial charge is 0.0880 e. The first kappa shape index (κ1) is 7.59. The first-order valence-electron chi connectivity index (χ1n) is 3.01. The van der Waals surface area contributed by atoms with Gasteiger partial charge in [-0.3, -0.25) is 0 Å². The van der Waals surface area contributed by atoms with Crippen LogP contribution in [0.5, 0.6) is 0 Å². The standard InChI is InChI=1S/C5H9N3OS/c9-2-1-6-3-5-4-7-10-8-5/h4,6,9H,1-3H2. The Kier molecular flexibility index (Phi) is 3.28. The van der Waals surface area contributed by atoms with Crippen LogP contribution in [0, 0.1) is 0 Å². The fourth-order valence-corrected chi connectivity index (χ4v) is 0.990. The van der Waals surface area contributed by atoms with E-state index >= 15 is 0 Å². The molecule has 0 bridgehead atoms. The van der Waals surface area contributed by atoms with E-state index in [1.807, 2.05) is 0 Å². The Morgan fingerprint density at radius 1 is 1.70 bits per heavy atom. The van der Waals surface area contributed by atoms with Crippen molar-refractivity contribution >= 4 is 11.7 Å². The Morgan fingerprint density at radius 3 is 3.20 bits per heavy atom. The molecule has 56 valence electrons. The molecule has 0 saturated carbocycles. The van der Waals surface area contributed by atoms with E-state index < -0.39 is 0 Å². The second-order valence-corrected chi connectivity index (χ2v) is 2.36. The lowest BCUT2D eigenvalue weighted by molar-refractivity contribution is 0.292. The number of aliphatic hydroxyl groups excluding tert-OH is 1. The molecule has 0 radical (unpaired) electrons. The monoisotopic (exact) mass is 159 g/mol. The minimum Gasteiger partial charge on any atom is -0.395 e. The van der Waals surface area contributed by atoms with Crippen LogP contribution in [0.15, 0.2) is 6.20 Å². The lowest BCUT2D eigenvalue weighted by Crippen LogP contribution is -2.17. The van der Waals surface area contributed by atoms with Gasteiger partial charge in [-0.25, -0.2) is 0 Å². The number of rotatable bonds is 4. The zero-order valence-electron chi connectivity index (χ0n) is 5.45. The number of aliphatic hydroxyl groups is 1. The summed E-state index contributed by atoms with van der Waals surface area (Å²) in [5.74, 6) is 0. The van der Waals surface area contributed by atoms with E-state index in [1.165, 1.54) is 11.7 Å². The predicted octanol–water partition coefficient (Wildman–Crippen LogP) is -0.380. The molecular formula is C5H9N3OS. The summed E-state index contributed by atoms with van der Waals surface area (Å²) in [6, 6.07) is 0. The van der Waals surface area contributed by atoms with E-state index in [9.17, 15) is 0 Å². The molecule has 0 aliphatic rings. The summed E-state index contributed by atoms with van der Waals surface area (Å²) in [5, 5.41) is 11.4. The number of hydrogen-bond acceptors (Lipinski definition) is 5. The predicted molar refractivity (Wildman–Crippen MR) is 38.7 cm³/mol. The van der Waals surface area contributed by atoms with Crippen LogP contribution in [-0.4, -0.2) is 27.0 Å². The van der Waals surface area contributed by atoms with Crippen LogP contribution in [0.3, 0.4) is 0 Å². The third-order valence-corrected chi connectivity index (χ3v) is 1.52. The fraction of sp³-hybridized carbons (Fsp3) is 0.600. The quantitative estimate of drug-likeness (QED) is 0.588. The highest BCUT2D eigenvalue weighted by Crippen LogP contribution is 1.92. The largest absolute Gasteiger partial charge is 0.395 e. The zero-order valence-corrected chi connectivity index (χ0v) is 6.27. The van der Waals surface area contributed by atoms with Crippen molar-refractivity contribution in [3.63, 3.8) is 0 Å². The van der Waals surface area contributed by atoms with Crippen molar-refractivity contribution in [3.8, 4) is 0 Å². The molecule has 0 aromatic carbocycles. The minimum atomic E-state index is 0.164. The molecule has 2 N–H and O–H groups in total. The molecular weight excluding hydrogens is 150 g/mol. The van der Waals surface area contributed by atoms with Crippen molar-refractivity contribution in [2.45, 2.75) is 6.54 Å². The second-order valence-electron chi connectivity index (χ2n) is 1.80. The Bertz CT molecular complexity index is 165. The van der Waals surface area contributed by atoms with Crippen LogP contribution in [0.25, 0.3) is 0 Å². The van der Waals surface area contributed by atoms with Gasteiger partial charge in [0.1, 0.15) is 0 Å². The van der Waals surface area contributed by atoms with Crippen LogP contribution < -0.4 is 5.32 Å². The molecule has 0 unspecified atom stereocenters. The van der Waals surface area contributed by atoms with Gasteiger partial charge in [-0.15, -0.1) is 0 Å². The summed E-state index contributed by atoms with van der Waals surface area (Å²) >= 11 is 1.20. The van der Waals surface area contributed by atoms with Gasteiger partial charge in [-0.05, 0) is 0 Å². The third-order valence-electron chi connectivity index (χ3n) is 1.00. The average molecular weight is 159 g/mol. The normalized spacial score (nSPS) is 10.1. The number of hydrogen-bond donors (Lipinski definition) is 2. The van der Waals surface area contributed by atoms with E-state index in [0.717, 1.165) is 5.69 Å². The topological polar surface area (TPSA) is 58.0 Å². The Labute approximate surface area is 63.2 Å². The molecule has 10 heavy (non-hydrogen) atoms. The lowest BCUT2D eigenvalue weighted by Gasteiger charge is -1.95. The van der Waals surface area contributed by atoms with Gasteiger partial charge in [0.05, 0.1) is 30.2 Å². The van der Waals surface area contributed by atoms with Gasteiger partial charge in [0.25, 0.3) is 0 Å². The van der Waals surface area contributed by atoms with Crippen molar-refractivity contribution in [1.29, 1.82) is 0 Å². The van der Waals surface area contributed by atoms with E-state index in [1.54, 1.807) is 6.20 Å². The maximum Gasteiger partial charge on any atom is 0.0880 e. The first-order valence-corrected chi connectivity index (χ1v) is 3.74. The molecule has 0 aliphatic carbocycles. The molecule has 1 heterocycles. The van der Waals surface area contributed by atoms with Gasteiger partial charge in [-0.2, -0.15) is 8.75 Å². The first-order chi connectivity index (χ1) is 4.93. The van der Waals surface area contributed by atoms with Gasteiger partial charge in [0, 0.05) is 13.1 Å². The molecule has 5 heteroatoms. The Hall–Kier alpha value is -0.520. The SMILES string of the molecule is OCCNCc1cnsn1. The molecule has 1 aromatic heterocycles. The summed E-state index contributed by atoms with van der Waals surface area (Å²) < 4.78 is 7.80. The fourth-order valence-electron chi connectivity index (χ4n) is 0.557. The van der Waals surface area contributed by atoms with Crippen molar-refractivity contribution in [1.82, 2.24) is 14.1 Å². The molecule has 0 atom stereocenters. The highest BCUT2D eigenvalue weighted by atomic mass is 32.1. The minimum absolute atomic E-state index is 0.164. The highest BCUT2D eigenvalue weighted by molar-refractivity contribution is 6.99. The van der Waals surface area contributed by atoms with Crippen molar-refractivity contribution in [2.75, 3.05) is 13.2 Å². The third kappa shape index (κ3) is 2.38. The van der Waals surface area contributed by atoms with Crippen LogP contribution >= 0.6 is 11.7 Å². The number of nitrogens with zero attached hydrogens (tertiary/aromatic N) is 2. The van der Waals surface area contributed by atoms with Crippen molar-refractivity contribution < 1.29 is 5.11 Å². The van der Waals surface area contributed by atoms with Crippen molar-refractivity contribution in [3.05, 3.63) is 11.9 Å². The van der Waals surface area contributed by atoms with E-state index in [4.69, 9.17) is 5.11 Å². The van der Waals surface area contributed by atoms with Crippen LogP contribution in [0.2, 0.25) is 0 Å². The molecule has 0 spiro atoms. The maximum absolute atomic E-state index is 8.40. The van der Waals surface area contributed by atoms with Gasteiger partial charge < -0.3 is 10.4 Å². The summed E-state index contributed by atoms with van der Waals surface area (Å²) in [6.07, 6.45) is 1.72. The summed E-state index contributed by atoms with van der Waals surface area (Å²) in [6.45, 7) is 1.46. The second kappa shape index (κ2) is 4.32. The van der Waals surface area contributed by atoms with Gasteiger partial charge in [0.2, 0.25) is 0 Å². The van der Waals surface area contributed by atoms with Gasteiger partial charge >= 0.3 is 0 Å². The van der Waals surface area contributed by atoms with Gasteiger partial charge in [0.15, 0.2) is 0 Å². The van der Waals surface area contributed by atoms with Gasteiger partial charge in [-0.1, -0.05) is 0 Å². The number of aromatic nitrogens is 2. The Balaban J connectivity index is 2.15. The summed E-state index contributed by atoms with van der Waals surface area (Å²) in [5.41, 5.74) is 0.929. The molecule has 1 rings (SSSR count). The highest BCUT2D eigenvalue weighted by Gasteiger charge is 1.92.